The van der Waals surface area contributed by atoms with Crippen LogP contribution in [0, 0.1) is 0 Å². The first-order chi connectivity index (χ1) is 22.0. The Morgan fingerprint density at radius 3 is 1.51 bits per heavy atom. The third-order valence-corrected chi connectivity index (χ3v) is 15.6. The first-order valence-corrected chi connectivity index (χ1v) is 21.0. The van der Waals surface area contributed by atoms with E-state index in [0.717, 1.165) is 11.1 Å². The van der Waals surface area contributed by atoms with Crippen LogP contribution in [0.25, 0.3) is 5.57 Å². The molecular weight excluding hydrogens is 770 g/mol. The number of alkyl halides is 17. The van der Waals surface area contributed by atoms with Gasteiger partial charge in [-0.25, -0.2) is 0 Å². The molecule has 0 spiro atoms. The van der Waals surface area contributed by atoms with Gasteiger partial charge in [-0.05, 0) is 0 Å². The Labute approximate surface area is 271 Å². The van der Waals surface area contributed by atoms with Crippen molar-refractivity contribution in [1.29, 1.82) is 0 Å². The van der Waals surface area contributed by atoms with Crippen LogP contribution in [0.1, 0.15) is 24.0 Å². The quantitative estimate of drug-likeness (QED) is 0.144. The van der Waals surface area contributed by atoms with Crippen molar-refractivity contribution in [2.75, 3.05) is 13.1 Å². The van der Waals surface area contributed by atoms with Gasteiger partial charge < -0.3 is 0 Å². The van der Waals surface area contributed by atoms with Crippen LogP contribution in [0.2, 0.25) is 16.8 Å². The number of hydrogen-bond donors (Lipinski definition) is 0. The zero-order chi connectivity index (χ0) is 37.7. The number of rotatable bonds is 13. The zero-order valence-electron chi connectivity index (χ0n) is 25.4. The molecule has 0 saturated carbocycles. The molecule has 3 rings (SSSR count). The van der Waals surface area contributed by atoms with Crippen LogP contribution in [-0.2, 0) is 6.54 Å². The van der Waals surface area contributed by atoms with Gasteiger partial charge in [0, 0.05) is 0 Å². The van der Waals surface area contributed by atoms with Crippen molar-refractivity contribution >= 4 is 23.2 Å². The van der Waals surface area contributed by atoms with E-state index in [-0.39, 0.29) is 0 Å². The van der Waals surface area contributed by atoms with E-state index in [9.17, 15) is 74.6 Å². The van der Waals surface area contributed by atoms with Crippen LogP contribution in [0.5, 0.6) is 0 Å². The van der Waals surface area contributed by atoms with Gasteiger partial charge in [-0.1, -0.05) is 6.07 Å². The van der Waals surface area contributed by atoms with E-state index in [1.165, 1.54) is 23.6 Å². The molecule has 0 atom stereocenters. The van der Waals surface area contributed by atoms with Crippen molar-refractivity contribution in [3.8, 4) is 0 Å². The molecule has 0 N–H and O–H groups in total. The molecule has 0 bridgehead atoms. The maximum absolute atomic E-state index is 14.6. The van der Waals surface area contributed by atoms with E-state index in [2.05, 4.69) is 4.90 Å². The van der Waals surface area contributed by atoms with Crippen LogP contribution in [0.3, 0.4) is 0 Å². The Kier molecular flexibility index (Phi) is 11.1. The van der Waals surface area contributed by atoms with Gasteiger partial charge in [0.15, 0.2) is 0 Å². The zero-order valence-corrected chi connectivity index (χ0v) is 27.5. The number of hydrogen-bond acceptors (Lipinski definition) is 1. The topological polar surface area (TPSA) is 3.24 Å². The standard InChI is InChI=1S/C30H28F17GeN/c1-48(2,22-10-8-20(9-11-22)21-12-16-49(17-13-21)18-19-6-4-3-5-7-19)15-14-23(31,32)24(33,34)25(35,36)26(37,38)27(39,40)28(41,42)29(43,44)30(45,46)47/h3-12H,13-18H2,1-2H3. The molecule has 0 saturated heterocycles. The molecule has 1 heterocycles. The van der Waals surface area contributed by atoms with Crippen LogP contribution in [-0.4, -0.2) is 78.9 Å². The van der Waals surface area contributed by atoms with Gasteiger partial charge in [0.2, 0.25) is 0 Å². The van der Waals surface area contributed by atoms with Gasteiger partial charge in [0.05, 0.1) is 0 Å². The molecule has 0 fully saturated rings. The Bertz CT molecular complexity index is 1470. The molecule has 276 valence electrons. The van der Waals surface area contributed by atoms with Gasteiger partial charge >= 0.3 is 265 Å². The average Bonchev–Trinajstić information content (AvgIpc) is 3.00. The maximum atomic E-state index is 14.6. The molecule has 0 aliphatic carbocycles. The van der Waals surface area contributed by atoms with E-state index in [4.69, 9.17) is 0 Å². The van der Waals surface area contributed by atoms with Crippen LogP contribution < -0.4 is 4.40 Å². The summed E-state index contributed by atoms with van der Waals surface area (Å²) in [4.78, 5) is 2.17. The van der Waals surface area contributed by atoms with Crippen LogP contribution in [0.4, 0.5) is 74.6 Å². The minimum absolute atomic E-state index is 0.322. The van der Waals surface area contributed by atoms with Crippen LogP contribution in [0.15, 0.2) is 60.7 Å². The fourth-order valence-corrected chi connectivity index (χ4v) is 9.88. The number of benzene rings is 2. The van der Waals surface area contributed by atoms with Crippen molar-refractivity contribution in [3.63, 3.8) is 0 Å². The first kappa shape index (κ1) is 40.9. The van der Waals surface area contributed by atoms with Crippen molar-refractivity contribution in [3.05, 3.63) is 71.8 Å². The van der Waals surface area contributed by atoms with E-state index in [1.807, 2.05) is 36.4 Å². The normalized spacial score (nSPS) is 16.9. The predicted octanol–water partition coefficient (Wildman–Crippen LogP) is 10.3. The van der Waals surface area contributed by atoms with Gasteiger partial charge in [-0.2, -0.15) is 0 Å². The molecule has 2 aromatic rings. The Morgan fingerprint density at radius 1 is 0.592 bits per heavy atom. The Balaban J connectivity index is 1.77. The van der Waals surface area contributed by atoms with Gasteiger partial charge in [0.1, 0.15) is 0 Å². The fourth-order valence-electron chi connectivity index (χ4n) is 5.06. The van der Waals surface area contributed by atoms with E-state index < -0.39 is 72.6 Å². The van der Waals surface area contributed by atoms with Crippen molar-refractivity contribution in [1.82, 2.24) is 4.90 Å². The average molecular weight is 798 g/mol. The van der Waals surface area contributed by atoms with E-state index in [1.54, 1.807) is 12.1 Å². The second kappa shape index (κ2) is 13.2. The summed E-state index contributed by atoms with van der Waals surface area (Å²) in [5.41, 5.74) is 2.74. The monoisotopic (exact) mass is 799 g/mol. The summed E-state index contributed by atoms with van der Waals surface area (Å²) in [7, 11) is 0. The summed E-state index contributed by atoms with van der Waals surface area (Å²) in [6.07, 6.45) is -7.58. The molecule has 19 heteroatoms. The molecular formula is C30H28F17GeN. The summed E-state index contributed by atoms with van der Waals surface area (Å²) in [6, 6.07) is 15.7. The SMILES string of the molecule is [CH3][Ge]([CH3])([CH2]CC(F)(F)C(F)(F)C(F)(F)C(F)(F)C(F)(F)C(F)(F)C(F)(F)C(F)(F)F)[c]1ccc(C2=CCN(Cc3ccccc3)CC2)cc1. The third kappa shape index (κ3) is 7.18. The van der Waals surface area contributed by atoms with E-state index in [0.29, 0.717) is 36.0 Å². The van der Waals surface area contributed by atoms with Gasteiger partial charge in [0.25, 0.3) is 0 Å². The van der Waals surface area contributed by atoms with E-state index >= 15 is 0 Å². The Morgan fingerprint density at radius 2 is 1.06 bits per heavy atom. The first-order valence-electron chi connectivity index (χ1n) is 14.3. The molecule has 2 aromatic carbocycles. The molecule has 0 radical (unpaired) electrons. The molecule has 49 heavy (non-hydrogen) atoms. The fraction of sp³-hybridized carbons (Fsp3) is 0.533. The molecule has 1 aliphatic rings. The van der Waals surface area contributed by atoms with Crippen molar-refractivity contribution in [2.45, 2.75) is 83.8 Å². The molecule has 1 nitrogen and oxygen atoms in total. The molecule has 0 amide bonds. The predicted molar refractivity (Wildman–Crippen MR) is 148 cm³/mol. The van der Waals surface area contributed by atoms with Gasteiger partial charge in [-0.15, -0.1) is 0 Å². The van der Waals surface area contributed by atoms with Gasteiger partial charge in [-0.3, -0.25) is 0 Å². The summed E-state index contributed by atoms with van der Waals surface area (Å²) in [5.74, 6) is -53.4. The second-order valence-corrected chi connectivity index (χ2v) is 22.5. The minimum atomic E-state index is -8.62. The molecule has 0 unspecified atom stereocenters. The molecule has 0 aromatic heterocycles. The number of nitrogens with zero attached hydrogens (tertiary/aromatic N) is 1. The van der Waals surface area contributed by atoms with Crippen molar-refractivity contribution < 1.29 is 74.6 Å². The summed E-state index contributed by atoms with van der Waals surface area (Å²) < 4.78 is 232. The summed E-state index contributed by atoms with van der Waals surface area (Å²) in [6.45, 7) is 1.98. The summed E-state index contributed by atoms with van der Waals surface area (Å²) in [5, 5.41) is -1.06. The Hall–Kier alpha value is -2.51. The number of halogens is 17. The van der Waals surface area contributed by atoms with Crippen molar-refractivity contribution in [2.24, 2.45) is 0 Å². The summed E-state index contributed by atoms with van der Waals surface area (Å²) >= 11 is -3.99. The second-order valence-electron chi connectivity index (χ2n) is 12.3. The van der Waals surface area contributed by atoms with Crippen LogP contribution >= 0.6 is 0 Å². The third-order valence-electron chi connectivity index (χ3n) is 8.43. The molecule has 1 aliphatic heterocycles.